The maximum Gasteiger partial charge on any atom is 0.269 e. The van der Waals surface area contributed by atoms with E-state index in [4.69, 9.17) is 17.3 Å². The van der Waals surface area contributed by atoms with Crippen LogP contribution in [0.4, 0.5) is 22.5 Å². The minimum absolute atomic E-state index is 0.249. The molecule has 0 fully saturated rings. The van der Waals surface area contributed by atoms with Crippen LogP contribution in [0.3, 0.4) is 0 Å². The molecule has 0 spiro atoms. The number of hydrazine groups is 1. The first-order valence-corrected chi connectivity index (χ1v) is 7.98. The van der Waals surface area contributed by atoms with Crippen LogP contribution >= 0.6 is 22.9 Å². The summed E-state index contributed by atoms with van der Waals surface area (Å²) in [6, 6.07) is 6.57. The Morgan fingerprint density at radius 3 is 2.79 bits per heavy atom. The molecule has 0 atom stereocenters. The summed E-state index contributed by atoms with van der Waals surface area (Å²) >= 11 is 7.27. The third-order valence-corrected chi connectivity index (χ3v) is 3.85. The Balaban J connectivity index is 1.70. The summed E-state index contributed by atoms with van der Waals surface area (Å²) in [6.07, 6.45) is 2.98. The quantitative estimate of drug-likeness (QED) is 0.516. The lowest BCUT2D eigenvalue weighted by atomic mass is 10.2. The predicted octanol–water partition coefficient (Wildman–Crippen LogP) is 2.67. The first kappa shape index (κ1) is 16.0. The number of amides is 1. The zero-order chi connectivity index (χ0) is 16.9. The number of carbonyl (C=O) groups is 1. The fraction of sp³-hybridized carbons (Fsp3) is 0. The Kier molecular flexibility index (Phi) is 4.73. The van der Waals surface area contributed by atoms with Crippen molar-refractivity contribution in [2.24, 2.45) is 0 Å². The molecule has 0 aliphatic rings. The molecule has 2 aromatic heterocycles. The zero-order valence-electron chi connectivity index (χ0n) is 12.2. The number of nitrogen functional groups attached to an aromatic ring is 1. The van der Waals surface area contributed by atoms with Gasteiger partial charge in [-0.05, 0) is 18.2 Å². The summed E-state index contributed by atoms with van der Waals surface area (Å²) in [5.74, 6) is 0.281. The number of nitrogens with two attached hydrogens (primary N) is 1. The van der Waals surface area contributed by atoms with Crippen molar-refractivity contribution < 1.29 is 4.79 Å². The van der Waals surface area contributed by atoms with Crippen molar-refractivity contribution in [2.75, 3.05) is 16.5 Å². The molecule has 2 heterocycles. The van der Waals surface area contributed by atoms with Crippen molar-refractivity contribution in [3.63, 3.8) is 0 Å². The van der Waals surface area contributed by atoms with Gasteiger partial charge in [-0.2, -0.15) is 0 Å². The van der Waals surface area contributed by atoms with Crippen LogP contribution in [0.5, 0.6) is 0 Å². The summed E-state index contributed by atoms with van der Waals surface area (Å²) in [5, 5.41) is 5.92. The van der Waals surface area contributed by atoms with Gasteiger partial charge in [0.25, 0.3) is 5.91 Å². The third-order valence-electron chi connectivity index (χ3n) is 2.92. The number of nitrogens with one attached hydrogen (secondary N) is 3. The highest BCUT2D eigenvalue weighted by Gasteiger charge is 2.11. The average Bonchev–Trinajstić information content (AvgIpc) is 3.08. The van der Waals surface area contributed by atoms with Crippen LogP contribution in [0.15, 0.2) is 42.2 Å². The SMILES string of the molecule is Nc1c(NNC(=O)c2cccc(Cl)c2)ncnc1Nc1nccs1. The van der Waals surface area contributed by atoms with Crippen LogP contribution in [0.1, 0.15) is 10.4 Å². The Hall–Kier alpha value is -2.91. The molecule has 0 aliphatic carbocycles. The molecule has 122 valence electrons. The fourth-order valence-electron chi connectivity index (χ4n) is 1.80. The molecule has 10 heteroatoms. The molecule has 3 rings (SSSR count). The summed E-state index contributed by atoms with van der Waals surface area (Å²) in [7, 11) is 0. The molecule has 0 aliphatic heterocycles. The molecule has 0 unspecified atom stereocenters. The maximum atomic E-state index is 12.1. The first-order valence-electron chi connectivity index (χ1n) is 6.72. The Morgan fingerprint density at radius 1 is 1.21 bits per heavy atom. The predicted molar refractivity (Wildman–Crippen MR) is 94.4 cm³/mol. The lowest BCUT2D eigenvalue weighted by Crippen LogP contribution is -2.30. The summed E-state index contributed by atoms with van der Waals surface area (Å²) in [4.78, 5) is 24.2. The van der Waals surface area contributed by atoms with Gasteiger partial charge in [-0.25, -0.2) is 15.0 Å². The minimum Gasteiger partial charge on any atom is -0.393 e. The summed E-state index contributed by atoms with van der Waals surface area (Å²) < 4.78 is 0. The number of anilines is 4. The van der Waals surface area contributed by atoms with Crippen molar-refractivity contribution in [3.05, 3.63) is 52.8 Å². The van der Waals surface area contributed by atoms with Gasteiger partial charge in [-0.1, -0.05) is 17.7 Å². The van der Waals surface area contributed by atoms with Gasteiger partial charge < -0.3 is 11.1 Å². The molecule has 0 saturated carbocycles. The highest BCUT2D eigenvalue weighted by atomic mass is 35.5. The Bertz CT molecular complexity index is 856. The normalized spacial score (nSPS) is 10.2. The fourth-order valence-corrected chi connectivity index (χ4v) is 2.52. The molecule has 0 radical (unpaired) electrons. The van der Waals surface area contributed by atoms with Crippen LogP contribution in [0.2, 0.25) is 5.02 Å². The number of carbonyl (C=O) groups excluding carboxylic acids is 1. The standard InChI is InChI=1S/C14H12ClN7OS/c15-9-3-1-2-8(6-9)13(23)22-21-12-10(16)11(18-7-19-12)20-14-17-4-5-24-14/h1-7H,16H2,(H,22,23)(H2,17,18,19,20,21). The van der Waals surface area contributed by atoms with E-state index in [-0.39, 0.29) is 17.4 Å². The number of nitrogens with zero attached hydrogens (tertiary/aromatic N) is 3. The van der Waals surface area contributed by atoms with Crippen LogP contribution in [-0.4, -0.2) is 20.9 Å². The molecule has 24 heavy (non-hydrogen) atoms. The monoisotopic (exact) mass is 361 g/mol. The molecule has 5 N–H and O–H groups in total. The average molecular weight is 362 g/mol. The van der Waals surface area contributed by atoms with Crippen LogP contribution in [-0.2, 0) is 0 Å². The number of aromatic nitrogens is 3. The first-order chi connectivity index (χ1) is 11.6. The van der Waals surface area contributed by atoms with E-state index < -0.39 is 0 Å². The third kappa shape index (κ3) is 3.70. The van der Waals surface area contributed by atoms with Gasteiger partial charge >= 0.3 is 0 Å². The van der Waals surface area contributed by atoms with Gasteiger partial charge in [-0.15, -0.1) is 11.3 Å². The number of halogens is 1. The number of thiazole rings is 1. The van der Waals surface area contributed by atoms with E-state index in [1.807, 2.05) is 5.38 Å². The van der Waals surface area contributed by atoms with E-state index in [0.29, 0.717) is 21.5 Å². The smallest absolute Gasteiger partial charge is 0.269 e. The summed E-state index contributed by atoms with van der Waals surface area (Å²) in [5.41, 5.74) is 11.8. The highest BCUT2D eigenvalue weighted by Crippen LogP contribution is 2.26. The number of hydrogen-bond donors (Lipinski definition) is 4. The number of rotatable bonds is 5. The molecule has 3 aromatic rings. The second-order valence-electron chi connectivity index (χ2n) is 4.54. The zero-order valence-corrected chi connectivity index (χ0v) is 13.7. The largest absolute Gasteiger partial charge is 0.393 e. The van der Waals surface area contributed by atoms with Crippen molar-refractivity contribution in [2.45, 2.75) is 0 Å². The highest BCUT2D eigenvalue weighted by molar-refractivity contribution is 7.13. The van der Waals surface area contributed by atoms with E-state index in [2.05, 4.69) is 31.1 Å². The summed E-state index contributed by atoms with van der Waals surface area (Å²) in [6.45, 7) is 0. The molecule has 1 aromatic carbocycles. The van der Waals surface area contributed by atoms with Crippen LogP contribution in [0.25, 0.3) is 0 Å². The molecular formula is C14H12ClN7OS. The van der Waals surface area contributed by atoms with E-state index in [1.165, 1.54) is 17.7 Å². The van der Waals surface area contributed by atoms with Gasteiger partial charge in [0.15, 0.2) is 16.8 Å². The Labute approximate surface area is 146 Å². The van der Waals surface area contributed by atoms with E-state index in [9.17, 15) is 4.79 Å². The van der Waals surface area contributed by atoms with Crippen molar-refractivity contribution in [1.29, 1.82) is 0 Å². The van der Waals surface area contributed by atoms with Gasteiger partial charge in [0.05, 0.1) is 0 Å². The van der Waals surface area contributed by atoms with Gasteiger partial charge in [0.1, 0.15) is 12.0 Å². The molecule has 0 saturated heterocycles. The van der Waals surface area contributed by atoms with Crippen molar-refractivity contribution in [1.82, 2.24) is 20.4 Å². The van der Waals surface area contributed by atoms with Crippen LogP contribution < -0.4 is 21.9 Å². The van der Waals surface area contributed by atoms with E-state index >= 15 is 0 Å². The van der Waals surface area contributed by atoms with Gasteiger partial charge in [-0.3, -0.25) is 15.6 Å². The molecule has 1 amide bonds. The second kappa shape index (κ2) is 7.11. The second-order valence-corrected chi connectivity index (χ2v) is 5.87. The van der Waals surface area contributed by atoms with E-state index in [0.717, 1.165) is 0 Å². The molecular weight excluding hydrogens is 350 g/mol. The molecule has 0 bridgehead atoms. The lowest BCUT2D eigenvalue weighted by molar-refractivity contribution is 0.0962. The topological polar surface area (TPSA) is 118 Å². The van der Waals surface area contributed by atoms with Crippen molar-refractivity contribution >= 4 is 51.3 Å². The van der Waals surface area contributed by atoms with Gasteiger partial charge in [0, 0.05) is 22.2 Å². The maximum absolute atomic E-state index is 12.1. The lowest BCUT2D eigenvalue weighted by Gasteiger charge is -2.12. The number of hydrogen-bond acceptors (Lipinski definition) is 8. The Morgan fingerprint density at radius 2 is 2.04 bits per heavy atom. The minimum atomic E-state index is -0.370. The van der Waals surface area contributed by atoms with Crippen LogP contribution in [0, 0.1) is 0 Å². The van der Waals surface area contributed by atoms with Crippen molar-refractivity contribution in [3.8, 4) is 0 Å². The molecule has 8 nitrogen and oxygen atoms in total. The van der Waals surface area contributed by atoms with Gasteiger partial charge in [0.2, 0.25) is 0 Å². The number of benzene rings is 1. The van der Waals surface area contributed by atoms with E-state index in [1.54, 1.807) is 30.5 Å².